The third kappa shape index (κ3) is 5.53. The van der Waals surface area contributed by atoms with E-state index in [0.717, 1.165) is 77.5 Å². The average Bonchev–Trinajstić information content (AvgIpc) is 3.84. The molecule has 3 aromatic heterocycles. The molecule has 60 heavy (non-hydrogen) atoms. The summed E-state index contributed by atoms with van der Waals surface area (Å²) in [6.45, 7) is 0. The fourth-order valence-corrected chi connectivity index (χ4v) is 9.12. The maximum atomic E-state index is 5.50. The Morgan fingerprint density at radius 2 is 0.717 bits per heavy atom. The van der Waals surface area contributed by atoms with E-state index >= 15 is 0 Å². The second-order valence-electron chi connectivity index (χ2n) is 15.4. The van der Waals surface area contributed by atoms with Crippen LogP contribution in [0.5, 0.6) is 0 Å². The van der Waals surface area contributed by atoms with Crippen molar-refractivity contribution in [2.24, 2.45) is 0 Å². The summed E-state index contributed by atoms with van der Waals surface area (Å²) in [4.78, 5) is 10.8. The SMILES string of the molecule is c1ccc(-c2cc(-c3ccccc3)cc(-c3nc(-n4c5ccccc5c5cc(-c6ccc7c(c6)c6ccccc6n7-c6ccccc6)ccc54)nc4ccccc34)c2)cc1. The number of benzene rings is 9. The van der Waals surface area contributed by atoms with Gasteiger partial charge in [0.1, 0.15) is 0 Å². The maximum absolute atomic E-state index is 5.50. The van der Waals surface area contributed by atoms with Crippen LogP contribution in [-0.4, -0.2) is 19.1 Å². The van der Waals surface area contributed by atoms with Crippen LogP contribution in [0.2, 0.25) is 0 Å². The lowest BCUT2D eigenvalue weighted by molar-refractivity contribution is 1.01. The third-order valence-corrected chi connectivity index (χ3v) is 11.9. The molecule has 0 spiro atoms. The fourth-order valence-electron chi connectivity index (χ4n) is 9.12. The Morgan fingerprint density at radius 1 is 0.267 bits per heavy atom. The molecule has 3 heterocycles. The summed E-state index contributed by atoms with van der Waals surface area (Å²) in [6, 6.07) is 78.0. The van der Waals surface area contributed by atoms with Crippen molar-refractivity contribution in [1.82, 2.24) is 19.1 Å². The van der Waals surface area contributed by atoms with Crippen LogP contribution in [0.3, 0.4) is 0 Å². The molecule has 0 atom stereocenters. The van der Waals surface area contributed by atoms with E-state index in [9.17, 15) is 0 Å². The molecule has 0 amide bonds. The highest BCUT2D eigenvalue weighted by Crippen LogP contribution is 2.40. The molecule has 0 saturated heterocycles. The number of para-hydroxylation sites is 4. The summed E-state index contributed by atoms with van der Waals surface area (Å²) < 4.78 is 4.60. The van der Waals surface area contributed by atoms with E-state index in [2.05, 4.69) is 228 Å². The van der Waals surface area contributed by atoms with Crippen LogP contribution in [0.25, 0.3) is 111 Å². The van der Waals surface area contributed by atoms with Crippen molar-refractivity contribution >= 4 is 54.5 Å². The normalized spacial score (nSPS) is 11.7. The summed E-state index contributed by atoms with van der Waals surface area (Å²) in [5.74, 6) is 0.643. The minimum Gasteiger partial charge on any atom is -0.309 e. The lowest BCUT2D eigenvalue weighted by Gasteiger charge is -2.14. The number of hydrogen-bond acceptors (Lipinski definition) is 2. The maximum Gasteiger partial charge on any atom is 0.235 e. The first-order chi connectivity index (χ1) is 29.7. The second-order valence-corrected chi connectivity index (χ2v) is 15.4. The third-order valence-electron chi connectivity index (χ3n) is 11.9. The highest BCUT2D eigenvalue weighted by atomic mass is 15.2. The highest BCUT2D eigenvalue weighted by Gasteiger charge is 2.20. The molecular weight excluding hydrogens is 729 g/mol. The van der Waals surface area contributed by atoms with Gasteiger partial charge < -0.3 is 4.57 Å². The van der Waals surface area contributed by atoms with Gasteiger partial charge in [0.2, 0.25) is 5.95 Å². The number of fused-ring (bicyclic) bond motifs is 7. The molecule has 0 radical (unpaired) electrons. The second kappa shape index (κ2) is 13.8. The molecule has 4 nitrogen and oxygen atoms in total. The Kier molecular flexibility index (Phi) is 7.82. The largest absolute Gasteiger partial charge is 0.309 e. The standard InChI is InChI=1S/C56H36N4/c1-4-16-37(17-5-1)41-32-42(38-18-6-2-7-19-38)34-43(33-41)55-47-24-10-13-25-50(47)57-56(58-55)60-52-27-15-12-23-46(52)49-36-40(29-31-54(49)60)39-28-30-53-48(35-39)45-22-11-14-26-51(45)59(53)44-20-8-3-9-21-44/h1-36H. The van der Waals surface area contributed by atoms with Gasteiger partial charge in [-0.15, -0.1) is 0 Å². The Hall–Kier alpha value is -8.08. The van der Waals surface area contributed by atoms with E-state index in [1.54, 1.807) is 0 Å². The lowest BCUT2D eigenvalue weighted by Crippen LogP contribution is -2.03. The zero-order chi connectivity index (χ0) is 39.6. The molecule has 0 bridgehead atoms. The zero-order valence-electron chi connectivity index (χ0n) is 32.6. The Bertz CT molecular complexity index is 3530. The van der Waals surface area contributed by atoms with Crippen molar-refractivity contribution in [2.45, 2.75) is 0 Å². The van der Waals surface area contributed by atoms with Gasteiger partial charge in [-0.1, -0.05) is 146 Å². The Balaban J connectivity index is 1.05. The molecule has 0 aliphatic heterocycles. The van der Waals surface area contributed by atoms with Crippen molar-refractivity contribution in [1.29, 1.82) is 0 Å². The van der Waals surface area contributed by atoms with Crippen LogP contribution in [-0.2, 0) is 0 Å². The summed E-state index contributed by atoms with van der Waals surface area (Å²) in [7, 11) is 0. The van der Waals surface area contributed by atoms with Crippen molar-refractivity contribution in [3.63, 3.8) is 0 Å². The molecular formula is C56H36N4. The van der Waals surface area contributed by atoms with Gasteiger partial charge in [0.05, 0.1) is 33.3 Å². The minimum atomic E-state index is 0.643. The average molecular weight is 765 g/mol. The van der Waals surface area contributed by atoms with Crippen molar-refractivity contribution in [2.75, 3.05) is 0 Å². The molecule has 0 N–H and O–H groups in total. The van der Waals surface area contributed by atoms with Gasteiger partial charge in [-0.25, -0.2) is 9.97 Å². The molecule has 4 heteroatoms. The minimum absolute atomic E-state index is 0.643. The van der Waals surface area contributed by atoms with Gasteiger partial charge in [-0.3, -0.25) is 4.57 Å². The fraction of sp³-hybridized carbons (Fsp3) is 0. The van der Waals surface area contributed by atoms with Gasteiger partial charge >= 0.3 is 0 Å². The summed E-state index contributed by atoms with van der Waals surface area (Å²) in [5.41, 5.74) is 15.5. The number of aromatic nitrogens is 4. The van der Waals surface area contributed by atoms with Crippen LogP contribution in [0, 0.1) is 0 Å². The van der Waals surface area contributed by atoms with E-state index in [1.807, 2.05) is 0 Å². The smallest absolute Gasteiger partial charge is 0.235 e. The van der Waals surface area contributed by atoms with Crippen LogP contribution in [0.4, 0.5) is 0 Å². The Labute approximate surface area is 346 Å². The molecule has 280 valence electrons. The first kappa shape index (κ1) is 34.0. The van der Waals surface area contributed by atoms with E-state index < -0.39 is 0 Å². The predicted molar refractivity (Wildman–Crippen MR) is 250 cm³/mol. The van der Waals surface area contributed by atoms with Crippen LogP contribution in [0.15, 0.2) is 218 Å². The topological polar surface area (TPSA) is 35.6 Å². The quantitative estimate of drug-likeness (QED) is 0.169. The molecule has 0 fully saturated rings. The van der Waals surface area contributed by atoms with Crippen molar-refractivity contribution in [3.05, 3.63) is 218 Å². The zero-order valence-corrected chi connectivity index (χ0v) is 32.6. The van der Waals surface area contributed by atoms with Crippen LogP contribution < -0.4 is 0 Å². The van der Waals surface area contributed by atoms with E-state index in [0.29, 0.717) is 5.95 Å². The molecule has 12 aromatic rings. The molecule has 0 unspecified atom stereocenters. The van der Waals surface area contributed by atoms with E-state index in [-0.39, 0.29) is 0 Å². The summed E-state index contributed by atoms with van der Waals surface area (Å²) >= 11 is 0. The van der Waals surface area contributed by atoms with Gasteiger partial charge in [0.15, 0.2) is 0 Å². The monoisotopic (exact) mass is 764 g/mol. The molecule has 9 aromatic carbocycles. The van der Waals surface area contributed by atoms with Crippen LogP contribution >= 0.6 is 0 Å². The molecule has 12 rings (SSSR count). The highest BCUT2D eigenvalue weighted by molar-refractivity contribution is 6.12. The van der Waals surface area contributed by atoms with Crippen molar-refractivity contribution in [3.8, 4) is 56.3 Å². The number of hydrogen-bond donors (Lipinski definition) is 0. The van der Waals surface area contributed by atoms with Crippen molar-refractivity contribution < 1.29 is 0 Å². The molecule has 0 saturated carbocycles. The van der Waals surface area contributed by atoms with Gasteiger partial charge in [-0.05, 0) is 106 Å². The van der Waals surface area contributed by atoms with Gasteiger partial charge in [0.25, 0.3) is 0 Å². The predicted octanol–water partition coefficient (Wildman–Crippen LogP) is 14.5. The van der Waals surface area contributed by atoms with Gasteiger partial charge in [0, 0.05) is 38.2 Å². The lowest BCUT2D eigenvalue weighted by atomic mass is 9.94. The van der Waals surface area contributed by atoms with Crippen LogP contribution in [0.1, 0.15) is 0 Å². The molecule has 0 aliphatic rings. The van der Waals surface area contributed by atoms with Gasteiger partial charge in [-0.2, -0.15) is 0 Å². The Morgan fingerprint density at radius 3 is 1.32 bits per heavy atom. The first-order valence-electron chi connectivity index (χ1n) is 20.4. The first-order valence-corrected chi connectivity index (χ1v) is 20.4. The number of rotatable bonds is 6. The van der Waals surface area contributed by atoms with E-state index in [1.165, 1.54) is 27.4 Å². The summed E-state index contributed by atoms with van der Waals surface area (Å²) in [5, 5.41) is 5.80. The molecule has 0 aliphatic carbocycles. The number of nitrogens with zero attached hydrogens (tertiary/aromatic N) is 4. The van der Waals surface area contributed by atoms with E-state index in [4.69, 9.17) is 9.97 Å². The summed E-state index contributed by atoms with van der Waals surface area (Å²) in [6.07, 6.45) is 0.